The van der Waals surface area contributed by atoms with Gasteiger partial charge in [0.2, 0.25) is 10.0 Å². The van der Waals surface area contributed by atoms with Crippen molar-refractivity contribution in [1.29, 1.82) is 0 Å². The van der Waals surface area contributed by atoms with E-state index in [1.807, 2.05) is 0 Å². The molecule has 1 aliphatic heterocycles. The Morgan fingerprint density at radius 3 is 2.17 bits per heavy atom. The molecule has 3 rings (SSSR count). The number of hydrogen-bond acceptors (Lipinski definition) is 7. The van der Waals surface area contributed by atoms with Gasteiger partial charge in [0.25, 0.3) is 15.9 Å². The van der Waals surface area contributed by atoms with Crippen LogP contribution in [0.25, 0.3) is 0 Å². The summed E-state index contributed by atoms with van der Waals surface area (Å²) in [5.74, 6) is -0.322. The fourth-order valence-corrected chi connectivity index (χ4v) is 5.92. The van der Waals surface area contributed by atoms with Crippen molar-refractivity contribution in [1.82, 2.24) is 18.2 Å². The number of nitrogens with zero attached hydrogens (tertiary/aromatic N) is 4. The number of aryl methyl sites for hydroxylation is 1. The molecule has 0 unspecified atom stereocenters. The van der Waals surface area contributed by atoms with Crippen LogP contribution < -0.4 is 10.5 Å². The van der Waals surface area contributed by atoms with E-state index in [-0.39, 0.29) is 42.7 Å². The molecule has 1 aromatic carbocycles. The van der Waals surface area contributed by atoms with Crippen molar-refractivity contribution in [2.45, 2.75) is 16.3 Å². The van der Waals surface area contributed by atoms with Gasteiger partial charge in [0.05, 0.1) is 11.2 Å². The molecule has 2 aromatic rings. The third-order valence-electron chi connectivity index (χ3n) is 4.54. The van der Waals surface area contributed by atoms with Crippen molar-refractivity contribution in [3.8, 4) is 5.75 Å². The number of amides is 1. The molecule has 30 heavy (non-hydrogen) atoms. The Morgan fingerprint density at radius 2 is 1.63 bits per heavy atom. The van der Waals surface area contributed by atoms with Crippen molar-refractivity contribution >= 4 is 26.0 Å². The van der Waals surface area contributed by atoms with E-state index < -0.39 is 26.0 Å². The highest BCUT2D eigenvalue weighted by molar-refractivity contribution is 7.89. The Hall–Kier alpha value is -2.48. The smallest absolute Gasteiger partial charge is 0.262 e. The Balaban J connectivity index is 1.71. The number of rotatable bonds is 7. The molecule has 2 N–H and O–H groups in total. The Labute approximate surface area is 175 Å². The lowest BCUT2D eigenvalue weighted by Gasteiger charge is -2.21. The van der Waals surface area contributed by atoms with Crippen LogP contribution in [-0.2, 0) is 31.9 Å². The van der Waals surface area contributed by atoms with Crippen LogP contribution >= 0.6 is 0 Å². The summed E-state index contributed by atoms with van der Waals surface area (Å²) in [7, 11) is -5.94. The number of carbonyl (C=O) groups excluding carboxylic acids is 1. The van der Waals surface area contributed by atoms with E-state index in [1.54, 1.807) is 7.05 Å². The summed E-state index contributed by atoms with van der Waals surface area (Å²) in [4.78, 5) is 14.7. The van der Waals surface area contributed by atoms with Crippen LogP contribution in [0, 0.1) is 0 Å². The van der Waals surface area contributed by atoms with Gasteiger partial charge in [-0.15, -0.1) is 0 Å². The predicted molar refractivity (Wildman–Crippen MR) is 106 cm³/mol. The highest BCUT2D eigenvalue weighted by Crippen LogP contribution is 2.22. The van der Waals surface area contributed by atoms with E-state index in [2.05, 4.69) is 4.98 Å². The van der Waals surface area contributed by atoms with Crippen molar-refractivity contribution in [3.05, 3.63) is 36.8 Å². The minimum atomic E-state index is -3.82. The zero-order valence-electron chi connectivity index (χ0n) is 16.3. The van der Waals surface area contributed by atoms with Crippen molar-refractivity contribution in [3.63, 3.8) is 0 Å². The average molecular weight is 458 g/mol. The molecule has 13 heteroatoms. The van der Waals surface area contributed by atoms with E-state index in [0.29, 0.717) is 12.2 Å². The van der Waals surface area contributed by atoms with E-state index in [0.717, 1.165) is 0 Å². The van der Waals surface area contributed by atoms with Gasteiger partial charge in [0, 0.05) is 39.4 Å². The highest BCUT2D eigenvalue weighted by atomic mass is 32.2. The van der Waals surface area contributed by atoms with Crippen LogP contribution in [0.4, 0.5) is 0 Å². The number of hydrogen-bond donors (Lipinski definition) is 1. The molecule has 0 saturated carbocycles. The van der Waals surface area contributed by atoms with Gasteiger partial charge in [-0.2, -0.15) is 8.61 Å². The molecule has 1 aliphatic rings. The second kappa shape index (κ2) is 8.71. The number of nitrogens with two attached hydrogens (primary N) is 1. The Morgan fingerprint density at radius 1 is 1.03 bits per heavy atom. The van der Waals surface area contributed by atoms with Gasteiger partial charge in [0.1, 0.15) is 5.75 Å². The standard InChI is InChI=1S/C17H23N5O6S2/c1-20-11-17(19-13-20)30(26,27)22-8-2-7-21(9-10-22)29(24,25)15-5-3-14(4-6-15)28-12-16(18)23/h3-6,11,13H,2,7-10,12H2,1H3,(H2,18,23). The van der Waals surface area contributed by atoms with Crippen LogP contribution in [0.15, 0.2) is 46.7 Å². The van der Waals surface area contributed by atoms with Gasteiger partial charge in [-0.25, -0.2) is 21.8 Å². The summed E-state index contributed by atoms with van der Waals surface area (Å²) in [6, 6.07) is 5.62. The van der Waals surface area contributed by atoms with E-state index in [9.17, 15) is 21.6 Å². The van der Waals surface area contributed by atoms with Crippen molar-refractivity contribution in [2.24, 2.45) is 12.8 Å². The minimum Gasteiger partial charge on any atom is -0.484 e. The lowest BCUT2D eigenvalue weighted by molar-refractivity contribution is -0.119. The normalized spacial score (nSPS) is 16.8. The molecule has 0 spiro atoms. The molecule has 1 aromatic heterocycles. The lowest BCUT2D eigenvalue weighted by atomic mass is 10.3. The quantitative estimate of drug-likeness (QED) is 0.583. The van der Waals surface area contributed by atoms with Gasteiger partial charge in [-0.1, -0.05) is 0 Å². The van der Waals surface area contributed by atoms with Crippen molar-refractivity contribution in [2.75, 3.05) is 32.8 Å². The number of ether oxygens (including phenoxy) is 1. The molecule has 11 nitrogen and oxygen atoms in total. The van der Waals surface area contributed by atoms with Crippen molar-refractivity contribution < 1.29 is 26.4 Å². The molecule has 2 heterocycles. The van der Waals surface area contributed by atoms with Gasteiger partial charge in [0.15, 0.2) is 11.6 Å². The van der Waals surface area contributed by atoms with E-state index in [4.69, 9.17) is 10.5 Å². The monoisotopic (exact) mass is 457 g/mol. The molecule has 0 radical (unpaired) electrons. The molecular weight excluding hydrogens is 434 g/mol. The topological polar surface area (TPSA) is 145 Å². The van der Waals surface area contributed by atoms with E-state index >= 15 is 0 Å². The first kappa shape index (κ1) is 22.2. The van der Waals surface area contributed by atoms with E-state index in [1.165, 1.54) is 50.0 Å². The molecule has 164 valence electrons. The summed E-state index contributed by atoms with van der Waals surface area (Å²) in [5.41, 5.74) is 5.01. The molecule has 1 amide bonds. The van der Waals surface area contributed by atoms with Gasteiger partial charge in [-0.3, -0.25) is 4.79 Å². The minimum absolute atomic E-state index is 0.0221. The van der Waals surface area contributed by atoms with Gasteiger partial charge in [-0.05, 0) is 30.7 Å². The second-order valence-electron chi connectivity index (χ2n) is 6.77. The molecule has 1 fully saturated rings. The maximum absolute atomic E-state index is 13.0. The first-order valence-electron chi connectivity index (χ1n) is 9.10. The molecule has 1 saturated heterocycles. The summed E-state index contributed by atoms with van der Waals surface area (Å²) < 4.78 is 60.7. The number of primary amides is 1. The lowest BCUT2D eigenvalue weighted by Crippen LogP contribution is -2.37. The number of sulfonamides is 2. The van der Waals surface area contributed by atoms with Crippen LogP contribution in [0.3, 0.4) is 0 Å². The maximum atomic E-state index is 13.0. The van der Waals surface area contributed by atoms with Crippen LogP contribution in [0.5, 0.6) is 5.75 Å². The maximum Gasteiger partial charge on any atom is 0.262 e. The predicted octanol–water partition coefficient (Wildman–Crippen LogP) is -0.630. The number of benzene rings is 1. The Bertz CT molecular complexity index is 1110. The van der Waals surface area contributed by atoms with Gasteiger partial charge < -0.3 is 15.0 Å². The number of imidazole rings is 1. The number of aromatic nitrogens is 2. The largest absolute Gasteiger partial charge is 0.484 e. The molecule has 0 aliphatic carbocycles. The fourth-order valence-electron chi connectivity index (χ4n) is 3.02. The van der Waals surface area contributed by atoms with Crippen LogP contribution in [0.1, 0.15) is 6.42 Å². The number of carbonyl (C=O) groups is 1. The third-order valence-corrected chi connectivity index (χ3v) is 8.24. The van der Waals surface area contributed by atoms with Crippen LogP contribution in [-0.4, -0.2) is 73.7 Å². The molecular formula is C17H23N5O6S2. The molecule has 0 bridgehead atoms. The second-order valence-corrected chi connectivity index (χ2v) is 10.6. The summed E-state index contributed by atoms with van der Waals surface area (Å²) in [5, 5.41) is -0.0622. The fraction of sp³-hybridized carbons (Fsp3) is 0.412. The SMILES string of the molecule is Cn1cnc(S(=O)(=O)N2CCCN(S(=O)(=O)c3ccc(OCC(N)=O)cc3)CC2)c1. The summed E-state index contributed by atoms with van der Waals surface area (Å²) in [6.07, 6.45) is 3.17. The first-order valence-corrected chi connectivity index (χ1v) is 12.0. The summed E-state index contributed by atoms with van der Waals surface area (Å²) >= 11 is 0. The molecule has 0 atom stereocenters. The summed E-state index contributed by atoms with van der Waals surface area (Å²) in [6.45, 7) is 0.131. The average Bonchev–Trinajstić information content (AvgIpc) is 2.98. The first-order chi connectivity index (χ1) is 14.1. The highest BCUT2D eigenvalue weighted by Gasteiger charge is 2.32. The zero-order chi connectivity index (χ0) is 21.9. The van der Waals surface area contributed by atoms with Crippen LogP contribution in [0.2, 0.25) is 0 Å². The Kier molecular flexibility index (Phi) is 6.45. The third kappa shape index (κ3) is 4.80. The zero-order valence-corrected chi connectivity index (χ0v) is 18.0. The van der Waals surface area contributed by atoms with Gasteiger partial charge >= 0.3 is 0 Å².